The number of hydrogen-bond donors (Lipinski definition) is 0. The van der Waals surface area contributed by atoms with Crippen LogP contribution in [0.5, 0.6) is 5.75 Å². The Balaban J connectivity index is 0.809. The number of allylic oxidation sites excluding steroid dienone is 13. The van der Waals surface area contributed by atoms with Gasteiger partial charge in [-0.25, -0.2) is 9.98 Å². The molecule has 8 unspecified atom stereocenters. The number of fused-ring (bicyclic) bond motifs is 11. The van der Waals surface area contributed by atoms with E-state index < -0.39 is 0 Å². The highest BCUT2D eigenvalue weighted by atomic mass is 16.5. The van der Waals surface area contributed by atoms with Gasteiger partial charge >= 0.3 is 0 Å². The Morgan fingerprint density at radius 1 is 0.718 bits per heavy atom. The maximum Gasteiger partial charge on any atom is 0.159 e. The number of hydrogen-bond acceptors (Lipinski definition) is 7. The molecule has 1 aromatic heterocycles. The standard InChI is InChI=1S/C70H64N6O2/c1-42-19-16-26-47(35-42)76-60-34-15-13-28-50(60)55-38-56-51-30-17-29-48(66(51)77-63(56)40-62(55)76)45-36-58(70-73-68(43-20-6-3-7-21-43)72-69(74(70)2)44-22-8-4-9-23-44)65(71-41-45)53-32-18-31-52-57-37-54-49-27-12-14-33-59(49)75(46-24-10-5-11-25-46)61(54)39-64(57)78-67(52)53/h3-8,10-13,15,18,20-22,24-28,30-32,34,36,39-42,49,56-59,65,69H,9,14,16-17,19,23,29,33,35,37-38H2,1-2H3. The van der Waals surface area contributed by atoms with Gasteiger partial charge < -0.3 is 23.8 Å². The van der Waals surface area contributed by atoms with Crippen molar-refractivity contribution in [1.29, 1.82) is 0 Å². The normalized spacial score (nSPS) is 28.3. The lowest BCUT2D eigenvalue weighted by Gasteiger charge is -2.39. The summed E-state index contributed by atoms with van der Waals surface area (Å²) in [5.41, 5.74) is 17.9. The Morgan fingerprint density at radius 3 is 2.44 bits per heavy atom. The molecule has 0 spiro atoms. The zero-order chi connectivity index (χ0) is 51.6. The molecule has 5 aliphatic heterocycles. The number of ether oxygens (including phenoxy) is 2. The lowest BCUT2D eigenvalue weighted by Crippen LogP contribution is -2.46. The smallest absolute Gasteiger partial charge is 0.159 e. The van der Waals surface area contributed by atoms with E-state index in [0.717, 1.165) is 116 Å². The third-order valence-electron chi connectivity index (χ3n) is 18.9. The molecule has 1 fully saturated rings. The van der Waals surface area contributed by atoms with E-state index in [1.54, 1.807) is 0 Å². The van der Waals surface area contributed by atoms with Gasteiger partial charge in [0.1, 0.15) is 35.0 Å². The molecule has 16 rings (SSSR count). The number of anilines is 1. The number of aliphatic imine (C=N–C) groups is 3. The summed E-state index contributed by atoms with van der Waals surface area (Å²) in [4.78, 5) is 21.8. The average molecular weight is 1020 g/mol. The summed E-state index contributed by atoms with van der Waals surface area (Å²) >= 11 is 0. The predicted molar refractivity (Wildman–Crippen MR) is 315 cm³/mol. The van der Waals surface area contributed by atoms with Gasteiger partial charge in [-0.05, 0) is 117 Å². The summed E-state index contributed by atoms with van der Waals surface area (Å²) in [6.45, 7) is 2.40. The highest BCUT2D eigenvalue weighted by Crippen LogP contribution is 2.57. The molecule has 0 radical (unpaired) electrons. The van der Waals surface area contributed by atoms with Gasteiger partial charge in [-0.2, -0.15) is 0 Å². The number of nitrogens with zero attached hydrogens (tertiary/aromatic N) is 6. The van der Waals surface area contributed by atoms with Gasteiger partial charge in [0.2, 0.25) is 0 Å². The van der Waals surface area contributed by atoms with E-state index in [1.807, 2.05) is 0 Å². The van der Waals surface area contributed by atoms with Crippen LogP contribution in [-0.4, -0.2) is 46.6 Å². The Hall–Kier alpha value is -7.97. The van der Waals surface area contributed by atoms with E-state index in [9.17, 15) is 0 Å². The van der Waals surface area contributed by atoms with Gasteiger partial charge in [-0.3, -0.25) is 4.99 Å². The molecule has 4 aromatic carbocycles. The number of amidine groups is 2. The predicted octanol–water partition coefficient (Wildman–Crippen LogP) is 15.5. The Labute approximate surface area is 457 Å². The molecular weight excluding hydrogens is 957 g/mol. The quantitative estimate of drug-likeness (QED) is 0.152. The molecule has 8 nitrogen and oxygen atoms in total. The summed E-state index contributed by atoms with van der Waals surface area (Å²) in [7, 11) is 2.19. The minimum absolute atomic E-state index is 0.140. The van der Waals surface area contributed by atoms with E-state index in [1.165, 1.54) is 73.5 Å². The molecule has 8 heteroatoms. The van der Waals surface area contributed by atoms with Gasteiger partial charge in [0, 0.05) is 99.5 Å². The topological polar surface area (TPSA) is 66.9 Å². The second-order valence-electron chi connectivity index (χ2n) is 23.4. The minimum atomic E-state index is -0.318. The van der Waals surface area contributed by atoms with Crippen LogP contribution in [0, 0.1) is 23.7 Å². The number of likely N-dealkylation sites (N-methyl/N-ethyl adjacent to an activating group) is 1. The number of rotatable bonds is 7. The fraction of sp³-hybridized carbons (Fsp3) is 0.300. The highest BCUT2D eigenvalue weighted by Gasteiger charge is 2.48. The van der Waals surface area contributed by atoms with Crippen molar-refractivity contribution in [1.82, 2.24) is 9.47 Å². The molecule has 0 bridgehead atoms. The van der Waals surface area contributed by atoms with Crippen LogP contribution >= 0.6 is 0 Å². The number of benzene rings is 4. The molecule has 0 N–H and O–H groups in total. The molecule has 0 amide bonds. The SMILES string of the molecule is CC1CCC=C(n2c3c(c4ccccc42)CC2C(=C3)OC3=C(C4=CC(C5=NC(c6ccccc6)=NC(C6=CC=CCC6)N5C)C(c5cccc6c5OC5=CC7=C(CC56)C5C=CCCC5N7c5ccccc5)N=C4)CCC=C32)C1. The number of para-hydroxylation sites is 3. The average Bonchev–Trinajstić information content (AvgIpc) is 4.44. The Morgan fingerprint density at radius 2 is 1.56 bits per heavy atom. The van der Waals surface area contributed by atoms with Crippen molar-refractivity contribution >= 4 is 46.2 Å². The maximum absolute atomic E-state index is 7.31. The molecular formula is C70H64N6O2. The zero-order valence-corrected chi connectivity index (χ0v) is 44.6. The Bertz CT molecular complexity index is 3810. The van der Waals surface area contributed by atoms with Crippen LogP contribution in [-0.2, 0) is 11.2 Å². The first-order chi connectivity index (χ1) is 38.5. The first-order valence-electron chi connectivity index (χ1n) is 29.0. The largest absolute Gasteiger partial charge is 0.460 e. The molecule has 0 saturated carbocycles. The summed E-state index contributed by atoms with van der Waals surface area (Å²) in [6, 6.07) is 37.5. The van der Waals surface area contributed by atoms with E-state index in [4.69, 9.17) is 24.5 Å². The van der Waals surface area contributed by atoms with Crippen LogP contribution in [0.2, 0.25) is 0 Å². The van der Waals surface area contributed by atoms with Crippen molar-refractivity contribution in [3.63, 3.8) is 0 Å². The van der Waals surface area contributed by atoms with E-state index in [-0.39, 0.29) is 30.0 Å². The summed E-state index contributed by atoms with van der Waals surface area (Å²) in [5.74, 6) is 6.88. The molecule has 8 atom stereocenters. The van der Waals surface area contributed by atoms with Crippen LogP contribution in [0.1, 0.15) is 111 Å². The molecule has 78 heavy (non-hydrogen) atoms. The monoisotopic (exact) mass is 1020 g/mol. The molecule has 5 aromatic rings. The maximum atomic E-state index is 7.31. The van der Waals surface area contributed by atoms with Crippen molar-refractivity contribution < 1.29 is 9.47 Å². The Kier molecular flexibility index (Phi) is 10.8. The second-order valence-corrected chi connectivity index (χ2v) is 23.4. The number of aromatic nitrogens is 1. The van der Waals surface area contributed by atoms with Crippen molar-refractivity contribution in [2.45, 2.75) is 102 Å². The minimum Gasteiger partial charge on any atom is -0.460 e. The fourth-order valence-electron chi connectivity index (χ4n) is 15.2. The first kappa shape index (κ1) is 46.2. The lowest BCUT2D eigenvalue weighted by atomic mass is 9.78. The molecule has 386 valence electrons. The lowest BCUT2D eigenvalue weighted by molar-refractivity contribution is 0.326. The van der Waals surface area contributed by atoms with Crippen LogP contribution < -0.4 is 9.64 Å². The zero-order valence-electron chi connectivity index (χ0n) is 44.6. The van der Waals surface area contributed by atoms with Crippen molar-refractivity contribution in [3.05, 3.63) is 237 Å². The van der Waals surface area contributed by atoms with Crippen molar-refractivity contribution in [2.24, 2.45) is 38.6 Å². The van der Waals surface area contributed by atoms with E-state index >= 15 is 0 Å². The van der Waals surface area contributed by atoms with Gasteiger partial charge in [-0.1, -0.05) is 140 Å². The van der Waals surface area contributed by atoms with Crippen LogP contribution in [0.4, 0.5) is 5.69 Å². The van der Waals surface area contributed by atoms with Gasteiger partial charge in [0.05, 0.1) is 23.2 Å². The fourth-order valence-corrected chi connectivity index (χ4v) is 15.2. The van der Waals surface area contributed by atoms with Gasteiger partial charge in [-0.15, -0.1) is 0 Å². The molecule has 1 saturated heterocycles. The van der Waals surface area contributed by atoms with Crippen LogP contribution in [0.25, 0.3) is 22.7 Å². The van der Waals surface area contributed by atoms with E-state index in [2.05, 4.69) is 198 Å². The van der Waals surface area contributed by atoms with Gasteiger partial charge in [0.15, 0.2) is 5.84 Å². The first-order valence-corrected chi connectivity index (χ1v) is 29.0. The highest BCUT2D eigenvalue weighted by molar-refractivity contribution is 6.09. The summed E-state index contributed by atoms with van der Waals surface area (Å²) in [5, 5.41) is 1.36. The van der Waals surface area contributed by atoms with E-state index in [0.29, 0.717) is 17.9 Å². The van der Waals surface area contributed by atoms with Gasteiger partial charge in [0.25, 0.3) is 0 Å². The molecule has 6 heterocycles. The van der Waals surface area contributed by atoms with Crippen LogP contribution in [0.3, 0.4) is 0 Å². The van der Waals surface area contributed by atoms with Crippen LogP contribution in [0.15, 0.2) is 224 Å². The van der Waals surface area contributed by atoms with Crippen molar-refractivity contribution in [3.8, 4) is 5.75 Å². The third kappa shape index (κ3) is 7.27. The third-order valence-corrected chi connectivity index (χ3v) is 18.9. The second kappa shape index (κ2) is 18.3. The summed E-state index contributed by atoms with van der Waals surface area (Å²) < 4.78 is 17.1. The molecule has 11 aliphatic rings. The number of dihydropyridines is 1. The molecule has 6 aliphatic carbocycles. The van der Waals surface area contributed by atoms with Crippen molar-refractivity contribution in [2.75, 3.05) is 11.9 Å². The summed E-state index contributed by atoms with van der Waals surface area (Å²) in [6.07, 6.45) is 37.1.